The normalized spacial score (nSPS) is 10.1. The van der Waals surface area contributed by atoms with Gasteiger partial charge in [-0.2, -0.15) is 0 Å². The lowest BCUT2D eigenvalue weighted by molar-refractivity contribution is 0.815. The van der Waals surface area contributed by atoms with Gasteiger partial charge in [0.05, 0.1) is 0 Å². The maximum atomic E-state index is 4.03. The van der Waals surface area contributed by atoms with Crippen LogP contribution in [-0.4, -0.2) is 25.4 Å². The van der Waals surface area contributed by atoms with Crippen LogP contribution in [0.1, 0.15) is 5.82 Å². The van der Waals surface area contributed by atoms with Crippen LogP contribution in [0.3, 0.4) is 0 Å². The molecule has 0 radical (unpaired) electrons. The number of nitrogens with zero attached hydrogens (tertiary/aromatic N) is 5. The van der Waals surface area contributed by atoms with Crippen molar-refractivity contribution in [3.63, 3.8) is 0 Å². The maximum absolute atomic E-state index is 4.03. The Morgan fingerprint density at radius 1 is 1.17 bits per heavy atom. The van der Waals surface area contributed by atoms with Gasteiger partial charge in [0.25, 0.3) is 0 Å². The lowest BCUT2D eigenvalue weighted by Crippen LogP contribution is -1.97. The minimum atomic E-state index is 0.482. The summed E-state index contributed by atoms with van der Waals surface area (Å²) in [6.45, 7) is 1.74. The average Bonchev–Trinajstić information content (AvgIpc) is 2.58. The third-order valence-electron chi connectivity index (χ3n) is 1.20. The molecule has 60 valence electrons. The van der Waals surface area contributed by atoms with Gasteiger partial charge < -0.3 is 0 Å². The van der Waals surface area contributed by atoms with Gasteiger partial charge in [-0.15, -0.1) is 31.7 Å². The number of rotatable bonds is 1. The van der Waals surface area contributed by atoms with Gasteiger partial charge in [0.1, 0.15) is 0 Å². The maximum Gasteiger partial charge on any atom is 0.232 e. The molecule has 0 unspecified atom stereocenters. The molecule has 0 N–H and O–H groups in total. The fourth-order valence-corrected chi connectivity index (χ4v) is 1.26. The summed E-state index contributed by atoms with van der Waals surface area (Å²) >= 11 is 1.47. The first kappa shape index (κ1) is 7.23. The minimum Gasteiger partial charge on any atom is -0.241 e. The number of hydrogen-bond donors (Lipinski definition) is 0. The van der Waals surface area contributed by atoms with Gasteiger partial charge in [-0.05, 0) is 6.92 Å². The van der Waals surface area contributed by atoms with Gasteiger partial charge in [0, 0.05) is 11.6 Å². The molecule has 2 heterocycles. The summed E-state index contributed by atoms with van der Waals surface area (Å²) < 4.78 is 0. The predicted molar refractivity (Wildman–Crippen MR) is 43.5 cm³/mol. The summed E-state index contributed by atoms with van der Waals surface area (Å²) in [5.74, 6) is 1.05. The first-order valence-corrected chi connectivity index (χ1v) is 4.18. The van der Waals surface area contributed by atoms with E-state index in [1.807, 2.05) is 5.38 Å². The number of aryl methyl sites for hydroxylation is 1. The van der Waals surface area contributed by atoms with Crippen molar-refractivity contribution in [3.8, 4) is 10.8 Å². The van der Waals surface area contributed by atoms with E-state index in [4.69, 9.17) is 0 Å². The Morgan fingerprint density at radius 2 is 1.92 bits per heavy atom. The van der Waals surface area contributed by atoms with E-state index in [0.29, 0.717) is 11.6 Å². The Balaban J connectivity index is 2.43. The highest BCUT2D eigenvalue weighted by molar-refractivity contribution is 7.12. The SMILES string of the molecule is Cc1nnc(-c2nccs2)nn1. The van der Waals surface area contributed by atoms with Crippen LogP contribution in [0.4, 0.5) is 0 Å². The lowest BCUT2D eigenvalue weighted by atomic mass is 10.6. The van der Waals surface area contributed by atoms with Crippen molar-refractivity contribution in [2.75, 3.05) is 0 Å². The zero-order valence-corrected chi connectivity index (χ0v) is 7.12. The summed E-state index contributed by atoms with van der Waals surface area (Å²) in [5.41, 5.74) is 0. The van der Waals surface area contributed by atoms with E-state index in [1.165, 1.54) is 11.3 Å². The van der Waals surface area contributed by atoms with E-state index in [1.54, 1.807) is 13.1 Å². The molecule has 0 saturated heterocycles. The van der Waals surface area contributed by atoms with Crippen LogP contribution in [0.2, 0.25) is 0 Å². The highest BCUT2D eigenvalue weighted by Gasteiger charge is 2.03. The zero-order valence-electron chi connectivity index (χ0n) is 6.30. The second-order valence-corrected chi connectivity index (χ2v) is 3.00. The van der Waals surface area contributed by atoms with Crippen LogP contribution < -0.4 is 0 Å². The van der Waals surface area contributed by atoms with Crippen LogP contribution in [0.5, 0.6) is 0 Å². The van der Waals surface area contributed by atoms with Crippen LogP contribution >= 0.6 is 11.3 Å². The molecule has 0 spiro atoms. The summed E-state index contributed by atoms with van der Waals surface area (Å²) in [6.07, 6.45) is 1.70. The van der Waals surface area contributed by atoms with E-state index in [2.05, 4.69) is 25.4 Å². The predicted octanol–water partition coefficient (Wildman–Crippen LogP) is 0.699. The van der Waals surface area contributed by atoms with E-state index in [9.17, 15) is 0 Å². The monoisotopic (exact) mass is 179 g/mol. The Morgan fingerprint density at radius 3 is 2.50 bits per heavy atom. The molecule has 0 aliphatic heterocycles. The summed E-state index contributed by atoms with van der Waals surface area (Å²) in [4.78, 5) is 4.03. The minimum absolute atomic E-state index is 0.482. The Bertz CT molecular complexity index is 354. The van der Waals surface area contributed by atoms with Crippen molar-refractivity contribution in [1.29, 1.82) is 0 Å². The molecule has 0 bridgehead atoms. The number of aromatic nitrogens is 5. The third-order valence-corrected chi connectivity index (χ3v) is 1.97. The molecule has 5 nitrogen and oxygen atoms in total. The fraction of sp³-hybridized carbons (Fsp3) is 0.167. The largest absolute Gasteiger partial charge is 0.241 e. The summed E-state index contributed by atoms with van der Waals surface area (Å²) in [7, 11) is 0. The molecular formula is C6H5N5S. The molecule has 0 fully saturated rings. The van der Waals surface area contributed by atoms with Gasteiger partial charge in [0.2, 0.25) is 5.82 Å². The topological polar surface area (TPSA) is 64.5 Å². The van der Waals surface area contributed by atoms with Crippen molar-refractivity contribution < 1.29 is 0 Å². The van der Waals surface area contributed by atoms with Gasteiger partial charge in [-0.25, -0.2) is 4.98 Å². The first-order chi connectivity index (χ1) is 5.86. The Hall–Kier alpha value is -1.43. The van der Waals surface area contributed by atoms with Crippen molar-refractivity contribution in [3.05, 3.63) is 17.4 Å². The smallest absolute Gasteiger partial charge is 0.232 e. The molecule has 0 saturated carbocycles. The summed E-state index contributed by atoms with van der Waals surface area (Å²) in [5, 5.41) is 17.9. The van der Waals surface area contributed by atoms with Crippen molar-refractivity contribution in [2.24, 2.45) is 0 Å². The highest BCUT2D eigenvalue weighted by atomic mass is 32.1. The molecule has 2 aromatic heterocycles. The molecule has 12 heavy (non-hydrogen) atoms. The summed E-state index contributed by atoms with van der Waals surface area (Å²) in [6, 6.07) is 0. The average molecular weight is 179 g/mol. The molecule has 2 rings (SSSR count). The van der Waals surface area contributed by atoms with Crippen molar-refractivity contribution in [2.45, 2.75) is 6.92 Å². The quantitative estimate of drug-likeness (QED) is 0.644. The van der Waals surface area contributed by atoms with Gasteiger partial charge in [-0.3, -0.25) is 0 Å². The van der Waals surface area contributed by atoms with E-state index in [-0.39, 0.29) is 0 Å². The Kier molecular flexibility index (Phi) is 1.75. The molecule has 0 aliphatic carbocycles. The van der Waals surface area contributed by atoms with Crippen LogP contribution in [-0.2, 0) is 0 Å². The molecule has 6 heteroatoms. The molecule has 0 amide bonds. The van der Waals surface area contributed by atoms with Gasteiger partial charge in [-0.1, -0.05) is 0 Å². The second kappa shape index (κ2) is 2.90. The van der Waals surface area contributed by atoms with Crippen molar-refractivity contribution in [1.82, 2.24) is 25.4 Å². The van der Waals surface area contributed by atoms with E-state index in [0.717, 1.165) is 5.01 Å². The molecule has 0 aromatic carbocycles. The lowest BCUT2D eigenvalue weighted by Gasteiger charge is -1.90. The second-order valence-electron chi connectivity index (χ2n) is 2.11. The molecule has 0 atom stereocenters. The molecule has 0 aliphatic rings. The molecule has 2 aromatic rings. The van der Waals surface area contributed by atoms with Crippen molar-refractivity contribution >= 4 is 11.3 Å². The van der Waals surface area contributed by atoms with Gasteiger partial charge >= 0.3 is 0 Å². The fourth-order valence-electron chi connectivity index (χ4n) is 0.699. The third kappa shape index (κ3) is 1.28. The van der Waals surface area contributed by atoms with Crippen LogP contribution in [0.15, 0.2) is 11.6 Å². The van der Waals surface area contributed by atoms with E-state index < -0.39 is 0 Å². The zero-order chi connectivity index (χ0) is 8.39. The first-order valence-electron chi connectivity index (χ1n) is 3.30. The van der Waals surface area contributed by atoms with Crippen LogP contribution in [0, 0.1) is 6.92 Å². The van der Waals surface area contributed by atoms with Gasteiger partial charge in [0.15, 0.2) is 10.8 Å². The standard InChI is InChI=1S/C6H5N5S/c1-4-8-10-5(11-9-4)6-7-2-3-12-6/h2-3H,1H3. The number of hydrogen-bond acceptors (Lipinski definition) is 6. The highest BCUT2D eigenvalue weighted by Crippen LogP contribution is 2.14. The number of thiazole rings is 1. The van der Waals surface area contributed by atoms with E-state index >= 15 is 0 Å². The van der Waals surface area contributed by atoms with Crippen LogP contribution in [0.25, 0.3) is 10.8 Å². The molecular weight excluding hydrogens is 174 g/mol. The Labute approximate surface area is 72.5 Å².